The molecule has 0 fully saturated rings. The smallest absolute Gasteiger partial charge is 0.127 e. The highest BCUT2D eigenvalue weighted by molar-refractivity contribution is 5.32. The van der Waals surface area contributed by atoms with E-state index in [2.05, 4.69) is 31.1 Å². The zero-order chi connectivity index (χ0) is 13.4. The maximum atomic E-state index is 5.88. The molecule has 1 aromatic heterocycles. The Hall–Kier alpha value is -1.09. The number of pyridine rings is 1. The molecule has 0 radical (unpaired) electrons. The van der Waals surface area contributed by atoms with Crippen molar-refractivity contribution in [1.82, 2.24) is 10.3 Å². The molecule has 0 amide bonds. The fraction of sp³-hybridized carbons (Fsp3) is 0.667. The minimum absolute atomic E-state index is 0.676. The fourth-order valence-corrected chi connectivity index (χ4v) is 1.63. The molecule has 3 nitrogen and oxygen atoms in total. The summed E-state index contributed by atoms with van der Waals surface area (Å²) in [5.41, 5.74) is 2.16. The molecule has 102 valence electrons. The lowest BCUT2D eigenvalue weighted by Gasteiger charge is -2.13. The molecule has 1 aromatic rings. The fourth-order valence-electron chi connectivity index (χ4n) is 1.63. The van der Waals surface area contributed by atoms with Crippen LogP contribution in [0.4, 0.5) is 0 Å². The molecule has 0 saturated heterocycles. The van der Waals surface area contributed by atoms with Crippen LogP contribution in [-0.4, -0.2) is 18.1 Å². The van der Waals surface area contributed by atoms with Crippen molar-refractivity contribution >= 4 is 0 Å². The molecule has 1 heterocycles. The van der Waals surface area contributed by atoms with Crippen molar-refractivity contribution in [3.8, 4) is 5.75 Å². The van der Waals surface area contributed by atoms with Gasteiger partial charge in [-0.05, 0) is 32.2 Å². The van der Waals surface area contributed by atoms with Crippen molar-refractivity contribution < 1.29 is 4.74 Å². The Morgan fingerprint density at radius 3 is 2.83 bits per heavy atom. The zero-order valence-corrected chi connectivity index (χ0v) is 12.1. The van der Waals surface area contributed by atoms with Gasteiger partial charge in [0.15, 0.2) is 0 Å². The van der Waals surface area contributed by atoms with E-state index in [1.165, 1.54) is 0 Å². The molecule has 0 spiro atoms. The predicted octanol–water partition coefficient (Wildman–Crippen LogP) is 3.31. The average molecular weight is 250 g/mol. The van der Waals surface area contributed by atoms with Gasteiger partial charge in [-0.3, -0.25) is 4.98 Å². The summed E-state index contributed by atoms with van der Waals surface area (Å²) in [5, 5.41) is 3.39. The highest BCUT2D eigenvalue weighted by Crippen LogP contribution is 2.19. The van der Waals surface area contributed by atoms with Crippen LogP contribution in [0.3, 0.4) is 0 Å². The van der Waals surface area contributed by atoms with Gasteiger partial charge in [-0.25, -0.2) is 0 Å². The van der Waals surface area contributed by atoms with E-state index in [1.54, 1.807) is 0 Å². The van der Waals surface area contributed by atoms with Gasteiger partial charge in [0.2, 0.25) is 0 Å². The van der Waals surface area contributed by atoms with Gasteiger partial charge in [-0.2, -0.15) is 0 Å². The number of hydrogen-bond acceptors (Lipinski definition) is 3. The number of aryl methyl sites for hydroxylation is 1. The number of hydrogen-bond donors (Lipinski definition) is 1. The topological polar surface area (TPSA) is 34.2 Å². The Bertz CT molecular complexity index is 350. The Balaban J connectivity index is 2.58. The van der Waals surface area contributed by atoms with Crippen LogP contribution in [-0.2, 0) is 6.54 Å². The minimum Gasteiger partial charge on any atom is -0.493 e. The van der Waals surface area contributed by atoms with E-state index in [9.17, 15) is 0 Å². The monoisotopic (exact) mass is 250 g/mol. The first-order chi connectivity index (χ1) is 8.63. The second-order valence-electron chi connectivity index (χ2n) is 5.14. The molecule has 18 heavy (non-hydrogen) atoms. The number of nitrogens with zero attached hydrogens (tertiary/aromatic N) is 1. The van der Waals surface area contributed by atoms with Crippen LogP contribution in [0.5, 0.6) is 5.75 Å². The summed E-state index contributed by atoms with van der Waals surface area (Å²) >= 11 is 0. The molecule has 0 aliphatic carbocycles. The molecular formula is C15H26N2O. The third-order valence-electron chi connectivity index (χ3n) is 2.78. The van der Waals surface area contributed by atoms with Crippen molar-refractivity contribution in [2.75, 3.05) is 13.2 Å². The van der Waals surface area contributed by atoms with E-state index in [1.807, 2.05) is 19.2 Å². The number of ether oxygens (including phenoxy) is 1. The van der Waals surface area contributed by atoms with Gasteiger partial charge in [0, 0.05) is 30.1 Å². The lowest BCUT2D eigenvalue weighted by Crippen LogP contribution is -2.15. The van der Waals surface area contributed by atoms with E-state index in [0.717, 1.165) is 49.5 Å². The van der Waals surface area contributed by atoms with Gasteiger partial charge < -0.3 is 10.1 Å². The third kappa shape index (κ3) is 5.50. The van der Waals surface area contributed by atoms with Gasteiger partial charge in [0.1, 0.15) is 5.75 Å². The predicted molar refractivity (Wildman–Crippen MR) is 75.9 cm³/mol. The third-order valence-corrected chi connectivity index (χ3v) is 2.78. The van der Waals surface area contributed by atoms with Gasteiger partial charge in [0.25, 0.3) is 0 Å². The summed E-state index contributed by atoms with van der Waals surface area (Å²) in [6, 6.07) is 2.03. The first kappa shape index (κ1) is 15.0. The summed E-state index contributed by atoms with van der Waals surface area (Å²) in [5.74, 6) is 1.65. The second kappa shape index (κ2) is 8.09. The standard InChI is InChI=1S/C15H26N2O/c1-5-7-16-10-14-11-17-13(4)9-15(14)18-8-6-12(2)3/h9,11-12,16H,5-8,10H2,1-4H3. The molecule has 0 aliphatic rings. The van der Waals surface area contributed by atoms with Gasteiger partial charge >= 0.3 is 0 Å². The normalized spacial score (nSPS) is 10.9. The molecule has 0 aliphatic heterocycles. The van der Waals surface area contributed by atoms with Crippen molar-refractivity contribution in [3.05, 3.63) is 23.5 Å². The molecule has 0 saturated carbocycles. The molecule has 3 heteroatoms. The minimum atomic E-state index is 0.676. The van der Waals surface area contributed by atoms with Crippen molar-refractivity contribution in [2.45, 2.75) is 47.1 Å². The van der Waals surface area contributed by atoms with E-state index in [0.29, 0.717) is 5.92 Å². The first-order valence-corrected chi connectivity index (χ1v) is 6.92. The van der Waals surface area contributed by atoms with Crippen LogP contribution in [0.25, 0.3) is 0 Å². The molecular weight excluding hydrogens is 224 g/mol. The molecule has 0 atom stereocenters. The van der Waals surface area contributed by atoms with E-state index >= 15 is 0 Å². The largest absolute Gasteiger partial charge is 0.493 e. The molecule has 0 bridgehead atoms. The van der Waals surface area contributed by atoms with Crippen LogP contribution in [0.2, 0.25) is 0 Å². The first-order valence-electron chi connectivity index (χ1n) is 6.92. The Morgan fingerprint density at radius 1 is 1.39 bits per heavy atom. The lowest BCUT2D eigenvalue weighted by molar-refractivity contribution is 0.285. The molecule has 0 unspecified atom stereocenters. The van der Waals surface area contributed by atoms with Crippen LogP contribution in [0, 0.1) is 12.8 Å². The van der Waals surface area contributed by atoms with Crippen molar-refractivity contribution in [1.29, 1.82) is 0 Å². The number of aromatic nitrogens is 1. The Morgan fingerprint density at radius 2 is 2.17 bits per heavy atom. The maximum Gasteiger partial charge on any atom is 0.127 e. The highest BCUT2D eigenvalue weighted by atomic mass is 16.5. The molecule has 1 N–H and O–H groups in total. The number of rotatable bonds is 8. The molecule has 1 rings (SSSR count). The Labute approximate surface area is 111 Å². The summed E-state index contributed by atoms with van der Waals surface area (Å²) in [6.45, 7) is 11.2. The molecule has 0 aromatic carbocycles. The van der Waals surface area contributed by atoms with Crippen LogP contribution in [0.15, 0.2) is 12.3 Å². The summed E-state index contributed by atoms with van der Waals surface area (Å²) < 4.78 is 5.88. The van der Waals surface area contributed by atoms with E-state index < -0.39 is 0 Å². The van der Waals surface area contributed by atoms with Crippen LogP contribution >= 0.6 is 0 Å². The SMILES string of the molecule is CCCNCc1cnc(C)cc1OCCC(C)C. The van der Waals surface area contributed by atoms with Crippen LogP contribution < -0.4 is 10.1 Å². The summed E-state index contributed by atoms with van der Waals surface area (Å²) in [4.78, 5) is 4.34. The van der Waals surface area contributed by atoms with E-state index in [4.69, 9.17) is 4.74 Å². The quantitative estimate of drug-likeness (QED) is 0.719. The maximum absolute atomic E-state index is 5.88. The van der Waals surface area contributed by atoms with Crippen molar-refractivity contribution in [2.24, 2.45) is 5.92 Å². The Kier molecular flexibility index (Phi) is 6.73. The second-order valence-corrected chi connectivity index (χ2v) is 5.14. The summed E-state index contributed by atoms with van der Waals surface area (Å²) in [6.07, 6.45) is 4.15. The summed E-state index contributed by atoms with van der Waals surface area (Å²) in [7, 11) is 0. The lowest BCUT2D eigenvalue weighted by atomic mass is 10.1. The average Bonchev–Trinajstić information content (AvgIpc) is 2.31. The highest BCUT2D eigenvalue weighted by Gasteiger charge is 2.05. The van der Waals surface area contributed by atoms with Gasteiger partial charge in [0.05, 0.1) is 6.61 Å². The zero-order valence-electron chi connectivity index (χ0n) is 12.1. The number of nitrogens with one attached hydrogen (secondary N) is 1. The van der Waals surface area contributed by atoms with Gasteiger partial charge in [-0.15, -0.1) is 0 Å². The van der Waals surface area contributed by atoms with Crippen LogP contribution in [0.1, 0.15) is 44.9 Å². The van der Waals surface area contributed by atoms with Crippen molar-refractivity contribution in [3.63, 3.8) is 0 Å². The van der Waals surface area contributed by atoms with E-state index in [-0.39, 0.29) is 0 Å². The van der Waals surface area contributed by atoms with Gasteiger partial charge in [-0.1, -0.05) is 20.8 Å².